The number of hydrogen-bond acceptors (Lipinski definition) is 5. The van der Waals surface area contributed by atoms with Crippen LogP contribution in [0, 0.1) is 0 Å². The number of carbonyl (C=O) groups is 1. The summed E-state index contributed by atoms with van der Waals surface area (Å²) in [6.07, 6.45) is 4.45. The molecule has 1 aliphatic rings. The van der Waals surface area contributed by atoms with Gasteiger partial charge in [0.25, 0.3) is 5.91 Å². The second-order valence-corrected chi connectivity index (χ2v) is 14.3. The molecule has 2 rings (SSSR count). The lowest BCUT2D eigenvalue weighted by Crippen LogP contribution is -2.52. The summed E-state index contributed by atoms with van der Waals surface area (Å²) in [6.45, 7) is 19.9. The molecule has 32 heavy (non-hydrogen) atoms. The zero-order valence-corrected chi connectivity index (χ0v) is 21.5. The number of methoxy groups -OCH3 is 1. The van der Waals surface area contributed by atoms with Crippen molar-refractivity contribution in [1.29, 1.82) is 0 Å². The van der Waals surface area contributed by atoms with E-state index in [0.29, 0.717) is 31.8 Å². The zero-order valence-electron chi connectivity index (χ0n) is 20.5. The van der Waals surface area contributed by atoms with Gasteiger partial charge < -0.3 is 23.5 Å². The predicted molar refractivity (Wildman–Crippen MR) is 132 cm³/mol. The Morgan fingerprint density at radius 1 is 1.28 bits per heavy atom. The van der Waals surface area contributed by atoms with Crippen molar-refractivity contribution < 1.29 is 23.4 Å². The molecular weight excluding hydrogens is 422 g/mol. The van der Waals surface area contributed by atoms with Gasteiger partial charge in [-0.05, 0) is 60.8 Å². The van der Waals surface area contributed by atoms with Gasteiger partial charge in [0.1, 0.15) is 5.75 Å². The first kappa shape index (κ1) is 26.3. The van der Waals surface area contributed by atoms with Gasteiger partial charge in [0.15, 0.2) is 15.1 Å². The summed E-state index contributed by atoms with van der Waals surface area (Å²) in [6, 6.07) is 5.64. The Balaban J connectivity index is 2.27. The lowest BCUT2D eigenvalue weighted by molar-refractivity contribution is -0.115. The Morgan fingerprint density at radius 3 is 2.59 bits per heavy atom. The van der Waals surface area contributed by atoms with Crippen LogP contribution in [-0.2, 0) is 25.1 Å². The van der Waals surface area contributed by atoms with Gasteiger partial charge in [-0.25, -0.2) is 0 Å². The molecule has 0 aliphatic carbocycles. The first-order chi connectivity index (χ1) is 15.1. The standard InChI is InChI=1S/C25H39NO5Si/c1-9-11-23(31-32(7,8)25(3,4)5)22-17-19-16-20(30-18-29-15-14-28-6)12-13-21(19)26(22)24(27)10-2/h9-10,12-13,16,22-23H,1-2,11,14-15,17-18H2,3-8H3/t22-,23+/m0/s1. The summed E-state index contributed by atoms with van der Waals surface area (Å²) in [7, 11) is -0.423. The van der Waals surface area contributed by atoms with Gasteiger partial charge in [-0.15, -0.1) is 6.58 Å². The molecule has 6 nitrogen and oxygen atoms in total. The number of anilines is 1. The van der Waals surface area contributed by atoms with Crippen LogP contribution in [0.15, 0.2) is 43.5 Å². The van der Waals surface area contributed by atoms with Gasteiger partial charge in [0.2, 0.25) is 0 Å². The summed E-state index contributed by atoms with van der Waals surface area (Å²) >= 11 is 0. The molecular formula is C25H39NO5Si. The highest BCUT2D eigenvalue weighted by molar-refractivity contribution is 6.74. The number of nitrogens with zero attached hydrogens (tertiary/aromatic N) is 1. The number of carbonyl (C=O) groups excluding carboxylic acids is 1. The average Bonchev–Trinajstić information content (AvgIpc) is 3.10. The van der Waals surface area contributed by atoms with Crippen molar-refractivity contribution in [3.63, 3.8) is 0 Å². The number of rotatable bonds is 12. The van der Waals surface area contributed by atoms with Crippen LogP contribution >= 0.6 is 0 Å². The van der Waals surface area contributed by atoms with Crippen LogP contribution in [-0.4, -0.2) is 53.5 Å². The Labute approximate surface area is 194 Å². The van der Waals surface area contributed by atoms with Crippen molar-refractivity contribution in [3.05, 3.63) is 49.1 Å². The van der Waals surface area contributed by atoms with E-state index in [1.165, 1.54) is 6.08 Å². The molecule has 0 fully saturated rings. The third-order valence-electron chi connectivity index (χ3n) is 6.30. The first-order valence-electron chi connectivity index (χ1n) is 11.1. The van der Waals surface area contributed by atoms with Crippen molar-refractivity contribution in [2.24, 2.45) is 0 Å². The molecule has 2 atom stereocenters. The molecule has 1 heterocycles. The van der Waals surface area contributed by atoms with E-state index in [4.69, 9.17) is 18.6 Å². The second kappa shape index (κ2) is 11.3. The fraction of sp³-hybridized carbons (Fsp3) is 0.560. The minimum Gasteiger partial charge on any atom is -0.468 e. The van der Waals surface area contributed by atoms with E-state index >= 15 is 0 Å². The summed E-state index contributed by atoms with van der Waals surface area (Å²) in [5.74, 6) is 0.580. The van der Waals surface area contributed by atoms with Crippen LogP contribution in [0.3, 0.4) is 0 Å². The largest absolute Gasteiger partial charge is 0.468 e. The van der Waals surface area contributed by atoms with E-state index < -0.39 is 8.32 Å². The monoisotopic (exact) mass is 461 g/mol. The maximum atomic E-state index is 12.9. The minimum atomic E-state index is -2.05. The van der Waals surface area contributed by atoms with Crippen molar-refractivity contribution in [3.8, 4) is 5.75 Å². The van der Waals surface area contributed by atoms with Gasteiger partial charge in [0.05, 0.1) is 25.4 Å². The normalized spacial score (nSPS) is 17.1. The van der Waals surface area contributed by atoms with Crippen LogP contribution in [0.5, 0.6) is 5.75 Å². The fourth-order valence-electron chi connectivity index (χ4n) is 3.54. The Hall–Kier alpha value is -1.93. The van der Waals surface area contributed by atoms with Gasteiger partial charge in [0, 0.05) is 12.8 Å². The van der Waals surface area contributed by atoms with E-state index in [0.717, 1.165) is 11.3 Å². The third-order valence-corrected chi connectivity index (χ3v) is 10.8. The van der Waals surface area contributed by atoms with Crippen LogP contribution in [0.4, 0.5) is 5.69 Å². The summed E-state index contributed by atoms with van der Waals surface area (Å²) in [5, 5.41) is 0.0645. The van der Waals surface area contributed by atoms with Gasteiger partial charge in [-0.1, -0.05) is 33.4 Å². The van der Waals surface area contributed by atoms with E-state index in [-0.39, 0.29) is 29.9 Å². The lowest BCUT2D eigenvalue weighted by atomic mass is 10.0. The average molecular weight is 462 g/mol. The second-order valence-electron chi connectivity index (χ2n) is 9.58. The van der Waals surface area contributed by atoms with Crippen molar-refractivity contribution in [2.45, 2.75) is 63.9 Å². The highest BCUT2D eigenvalue weighted by atomic mass is 28.4. The summed E-state index contributed by atoms with van der Waals surface area (Å²) in [5.41, 5.74) is 1.92. The maximum absolute atomic E-state index is 12.9. The molecule has 0 radical (unpaired) electrons. The molecule has 0 saturated heterocycles. The fourth-order valence-corrected chi connectivity index (χ4v) is 4.90. The molecule has 0 bridgehead atoms. The molecule has 7 heteroatoms. The molecule has 0 spiro atoms. The molecule has 1 aromatic rings. The van der Waals surface area contributed by atoms with Crippen LogP contribution < -0.4 is 9.64 Å². The molecule has 1 aromatic carbocycles. The smallest absolute Gasteiger partial charge is 0.250 e. The maximum Gasteiger partial charge on any atom is 0.250 e. The molecule has 0 saturated carbocycles. The first-order valence-corrected chi connectivity index (χ1v) is 14.0. The van der Waals surface area contributed by atoms with E-state index in [9.17, 15) is 4.79 Å². The van der Waals surface area contributed by atoms with Crippen molar-refractivity contribution in [1.82, 2.24) is 0 Å². The highest BCUT2D eigenvalue weighted by Crippen LogP contribution is 2.42. The minimum absolute atomic E-state index is 0.0645. The number of fused-ring (bicyclic) bond motifs is 1. The molecule has 1 aliphatic heterocycles. The van der Waals surface area contributed by atoms with Gasteiger partial charge in [-0.2, -0.15) is 0 Å². The Kier molecular flexibility index (Phi) is 9.27. The van der Waals surface area contributed by atoms with Gasteiger partial charge in [-0.3, -0.25) is 4.79 Å². The van der Waals surface area contributed by atoms with E-state index in [1.807, 2.05) is 29.2 Å². The quantitative estimate of drug-likeness (QED) is 0.143. The molecule has 0 aromatic heterocycles. The number of benzene rings is 1. The molecule has 0 N–H and O–H groups in total. The van der Waals surface area contributed by atoms with Crippen LogP contribution in [0.2, 0.25) is 18.1 Å². The molecule has 0 unspecified atom stereocenters. The highest BCUT2D eigenvalue weighted by Gasteiger charge is 2.44. The van der Waals surface area contributed by atoms with Crippen LogP contribution in [0.1, 0.15) is 32.8 Å². The van der Waals surface area contributed by atoms with Crippen molar-refractivity contribution >= 4 is 19.9 Å². The lowest BCUT2D eigenvalue weighted by Gasteiger charge is -2.42. The topological polar surface area (TPSA) is 57.2 Å². The number of ether oxygens (including phenoxy) is 3. The zero-order chi connectivity index (χ0) is 23.9. The van der Waals surface area contributed by atoms with E-state index in [2.05, 4.69) is 47.0 Å². The van der Waals surface area contributed by atoms with Gasteiger partial charge >= 0.3 is 0 Å². The molecule has 1 amide bonds. The molecule has 178 valence electrons. The predicted octanol–water partition coefficient (Wildman–Crippen LogP) is 5.10. The summed E-state index contributed by atoms with van der Waals surface area (Å²) < 4.78 is 22.9. The summed E-state index contributed by atoms with van der Waals surface area (Å²) in [4.78, 5) is 14.7. The Bertz CT molecular complexity index is 802. The Morgan fingerprint density at radius 2 is 2.00 bits per heavy atom. The van der Waals surface area contributed by atoms with E-state index in [1.54, 1.807) is 7.11 Å². The SMILES string of the molecule is C=CC[C@@H](O[Si](C)(C)C(C)(C)C)[C@@H]1Cc2cc(OCOCCOC)ccc2N1C(=O)C=C. The third kappa shape index (κ3) is 6.31. The van der Waals surface area contributed by atoms with Crippen molar-refractivity contribution in [2.75, 3.05) is 32.0 Å². The number of amides is 1. The van der Waals surface area contributed by atoms with Crippen LogP contribution in [0.25, 0.3) is 0 Å². The number of hydrogen-bond donors (Lipinski definition) is 0.